The molecule has 0 radical (unpaired) electrons. The zero-order chi connectivity index (χ0) is 29.7. The van der Waals surface area contributed by atoms with E-state index in [2.05, 4.69) is 35.0 Å². The molecule has 0 rings (SSSR count). The van der Waals surface area contributed by atoms with Crippen LogP contribution in [0.3, 0.4) is 0 Å². The zero-order valence-electron chi connectivity index (χ0n) is 28.1. The maximum atomic E-state index is 12.5. The van der Waals surface area contributed by atoms with Crippen molar-refractivity contribution in [2.24, 2.45) is 0 Å². The largest absolute Gasteiger partial charge is 1.00 e. The third-order valence-electron chi connectivity index (χ3n) is 7.69. The number of likely N-dealkylation sites (N-methyl/N-ethyl adjacent to an activating group) is 1. The molecule has 0 fully saturated rings. The number of esters is 2. The van der Waals surface area contributed by atoms with Crippen LogP contribution in [0.15, 0.2) is 0 Å². The van der Waals surface area contributed by atoms with Gasteiger partial charge in [0, 0.05) is 6.42 Å². The predicted octanol–water partition coefficient (Wildman–Crippen LogP) is 6.94. The average molecular weight is 604 g/mol. The summed E-state index contributed by atoms with van der Waals surface area (Å²) in [6.45, 7) is 5.61. The summed E-state index contributed by atoms with van der Waals surface area (Å²) in [5.74, 6) is -0.424. The van der Waals surface area contributed by atoms with Gasteiger partial charge >= 0.3 is 11.9 Å². The van der Waals surface area contributed by atoms with Crippen LogP contribution in [0.1, 0.15) is 174 Å². The fourth-order valence-corrected chi connectivity index (χ4v) is 5.31. The highest BCUT2D eigenvalue weighted by molar-refractivity contribution is 5.72. The molecule has 0 bridgehead atoms. The van der Waals surface area contributed by atoms with Gasteiger partial charge in [0.1, 0.15) is 6.54 Å². The monoisotopic (exact) mass is 603 g/mol. The van der Waals surface area contributed by atoms with E-state index in [9.17, 15) is 9.59 Å². The van der Waals surface area contributed by atoms with Crippen molar-refractivity contribution in [1.82, 2.24) is 0 Å². The molecule has 41 heavy (non-hydrogen) atoms. The van der Waals surface area contributed by atoms with Gasteiger partial charge < -0.3 is 26.4 Å². The van der Waals surface area contributed by atoms with Crippen molar-refractivity contribution in [1.29, 1.82) is 0 Å². The summed E-state index contributed by atoms with van der Waals surface area (Å²) in [4.78, 5) is 24.9. The first kappa shape index (κ1) is 42.3. The van der Waals surface area contributed by atoms with Crippen LogP contribution in [0.4, 0.5) is 0 Å². The second-order valence-corrected chi connectivity index (χ2v) is 13.2. The van der Waals surface area contributed by atoms with Crippen LogP contribution in [-0.2, 0) is 19.1 Å². The molecule has 0 N–H and O–H groups in total. The minimum absolute atomic E-state index is 0. The summed E-state index contributed by atoms with van der Waals surface area (Å²) in [5.41, 5.74) is 0. The summed E-state index contributed by atoms with van der Waals surface area (Å²) < 4.78 is 11.9. The van der Waals surface area contributed by atoms with Gasteiger partial charge in [-0.05, 0) is 12.8 Å². The fourth-order valence-electron chi connectivity index (χ4n) is 5.31. The number of quaternary nitrogens is 1. The molecule has 0 aromatic rings. The Bertz CT molecular complexity index is 537. The minimum atomic E-state index is -0.422. The Morgan fingerprint density at radius 1 is 0.537 bits per heavy atom. The van der Waals surface area contributed by atoms with Gasteiger partial charge in [0.2, 0.25) is 0 Å². The van der Waals surface area contributed by atoms with Gasteiger partial charge in [0.15, 0.2) is 6.10 Å². The Labute approximate surface area is 262 Å². The van der Waals surface area contributed by atoms with E-state index in [0.717, 1.165) is 25.7 Å². The van der Waals surface area contributed by atoms with E-state index in [0.29, 0.717) is 24.1 Å². The van der Waals surface area contributed by atoms with E-state index in [4.69, 9.17) is 9.47 Å². The number of nitrogens with zero attached hydrogens (tertiary/aromatic N) is 1. The quantitative estimate of drug-likeness (QED) is 0.0507. The average Bonchev–Trinajstić information content (AvgIpc) is 2.89. The first-order valence-corrected chi connectivity index (χ1v) is 17.4. The van der Waals surface area contributed by atoms with Gasteiger partial charge in [0.05, 0.1) is 34.2 Å². The van der Waals surface area contributed by atoms with Gasteiger partial charge in [-0.2, -0.15) is 0 Å². The van der Waals surface area contributed by atoms with Crippen molar-refractivity contribution < 1.29 is 36.0 Å². The van der Waals surface area contributed by atoms with E-state index >= 15 is 0 Å². The van der Waals surface area contributed by atoms with Crippen LogP contribution in [0, 0.1) is 0 Å². The zero-order valence-corrected chi connectivity index (χ0v) is 28.9. The van der Waals surface area contributed by atoms with Gasteiger partial charge in [-0.3, -0.25) is 9.59 Å². The van der Waals surface area contributed by atoms with Crippen LogP contribution in [0.5, 0.6) is 0 Å². The SMILES string of the molecule is CCCCCCCCCCCCCCC(=O)O[C@H](CC(=O)OCCCCCCCCCCCCC)C[N+](C)(C)C.[Cl-]. The summed E-state index contributed by atoms with van der Waals surface area (Å²) >= 11 is 0. The van der Waals surface area contributed by atoms with Gasteiger partial charge in [-0.1, -0.05) is 149 Å². The van der Waals surface area contributed by atoms with Gasteiger partial charge in [0.25, 0.3) is 0 Å². The second kappa shape index (κ2) is 30.6. The third-order valence-corrected chi connectivity index (χ3v) is 7.69. The number of rotatable bonds is 30. The molecule has 0 aliphatic heterocycles. The molecular formula is C35H70ClNO4. The standard InChI is InChI=1S/C35H70NO4.ClH/c1-6-8-10-12-14-16-18-19-21-23-25-27-29-34(37)40-33(32-36(3,4)5)31-35(38)39-30-28-26-24-22-20-17-15-13-11-9-7-2;/h33H,6-32H2,1-5H3;1H/q+1;/p-1/t33-;/m1./s1. The van der Waals surface area contributed by atoms with Crippen molar-refractivity contribution in [3.05, 3.63) is 0 Å². The van der Waals surface area contributed by atoms with Crippen molar-refractivity contribution >= 4 is 11.9 Å². The minimum Gasteiger partial charge on any atom is -1.00 e. The summed E-state index contributed by atoms with van der Waals surface area (Å²) in [7, 11) is 6.17. The third kappa shape index (κ3) is 33.6. The Hall–Kier alpha value is -0.810. The Balaban J connectivity index is 0. The Kier molecular flexibility index (Phi) is 31.6. The normalized spacial score (nSPS) is 12.1. The van der Waals surface area contributed by atoms with E-state index in [-0.39, 0.29) is 30.8 Å². The van der Waals surface area contributed by atoms with E-state index in [1.165, 1.54) is 122 Å². The Morgan fingerprint density at radius 3 is 1.29 bits per heavy atom. The highest BCUT2D eigenvalue weighted by atomic mass is 35.5. The molecule has 6 heteroatoms. The van der Waals surface area contributed by atoms with Gasteiger partial charge in [-0.15, -0.1) is 0 Å². The number of carbonyl (C=O) groups is 2. The molecule has 1 atom stereocenters. The smallest absolute Gasteiger partial charge is 0.309 e. The number of unbranched alkanes of at least 4 members (excludes halogenated alkanes) is 21. The molecule has 0 amide bonds. The molecule has 0 aromatic heterocycles. The molecule has 0 spiro atoms. The summed E-state index contributed by atoms with van der Waals surface area (Å²) in [5, 5.41) is 0. The molecule has 246 valence electrons. The van der Waals surface area contributed by atoms with E-state index in [1.807, 2.05) is 0 Å². The maximum Gasteiger partial charge on any atom is 0.309 e. The molecule has 0 heterocycles. The second-order valence-electron chi connectivity index (χ2n) is 13.2. The topological polar surface area (TPSA) is 52.6 Å². The van der Waals surface area contributed by atoms with Crippen molar-refractivity contribution in [3.8, 4) is 0 Å². The number of carbonyl (C=O) groups excluding carboxylic acids is 2. The number of ether oxygens (including phenoxy) is 2. The highest BCUT2D eigenvalue weighted by Crippen LogP contribution is 2.15. The fraction of sp³-hybridized carbons (Fsp3) is 0.943. The highest BCUT2D eigenvalue weighted by Gasteiger charge is 2.25. The van der Waals surface area contributed by atoms with Crippen LogP contribution < -0.4 is 12.4 Å². The molecule has 0 unspecified atom stereocenters. The van der Waals surface area contributed by atoms with E-state index < -0.39 is 6.10 Å². The van der Waals surface area contributed by atoms with Crippen molar-refractivity contribution in [3.63, 3.8) is 0 Å². The number of hydrogen-bond acceptors (Lipinski definition) is 4. The number of hydrogen-bond donors (Lipinski definition) is 0. The lowest BCUT2D eigenvalue weighted by molar-refractivity contribution is -0.873. The lowest BCUT2D eigenvalue weighted by atomic mass is 10.0. The predicted molar refractivity (Wildman–Crippen MR) is 171 cm³/mol. The summed E-state index contributed by atoms with van der Waals surface area (Å²) in [6.07, 6.45) is 29.5. The van der Waals surface area contributed by atoms with Crippen molar-refractivity contribution in [2.45, 2.75) is 180 Å². The molecule has 0 saturated carbocycles. The van der Waals surface area contributed by atoms with Gasteiger partial charge in [-0.25, -0.2) is 0 Å². The molecule has 0 aromatic carbocycles. The first-order valence-electron chi connectivity index (χ1n) is 17.4. The molecule has 5 nitrogen and oxygen atoms in total. The lowest BCUT2D eigenvalue weighted by Gasteiger charge is -2.28. The maximum absolute atomic E-state index is 12.5. The first-order chi connectivity index (χ1) is 19.3. The van der Waals surface area contributed by atoms with Crippen LogP contribution in [0.25, 0.3) is 0 Å². The molecular weight excluding hydrogens is 534 g/mol. The molecule has 0 aliphatic carbocycles. The number of halogens is 1. The van der Waals surface area contributed by atoms with Crippen LogP contribution in [0.2, 0.25) is 0 Å². The lowest BCUT2D eigenvalue weighted by Crippen LogP contribution is -3.00. The molecule has 0 aliphatic rings. The van der Waals surface area contributed by atoms with Crippen LogP contribution >= 0.6 is 0 Å². The Morgan fingerprint density at radius 2 is 0.902 bits per heavy atom. The van der Waals surface area contributed by atoms with Crippen molar-refractivity contribution in [2.75, 3.05) is 34.3 Å². The van der Waals surface area contributed by atoms with Crippen LogP contribution in [-0.4, -0.2) is 56.8 Å². The molecule has 0 saturated heterocycles. The van der Waals surface area contributed by atoms with E-state index in [1.54, 1.807) is 0 Å². The summed E-state index contributed by atoms with van der Waals surface area (Å²) in [6, 6.07) is 0.